The Kier molecular flexibility index (Phi) is 6.00. The highest BCUT2D eigenvalue weighted by molar-refractivity contribution is 5.21. The van der Waals surface area contributed by atoms with E-state index in [0.29, 0.717) is 6.04 Å². The average molecular weight is 326 g/mol. The molecule has 1 aliphatic heterocycles. The van der Waals surface area contributed by atoms with Crippen LogP contribution in [0.2, 0.25) is 0 Å². The number of likely N-dealkylation sites (tertiary alicyclic amines) is 1. The van der Waals surface area contributed by atoms with Crippen molar-refractivity contribution in [1.82, 2.24) is 10.2 Å². The monoisotopic (exact) mass is 326 g/mol. The number of hydrogen-bond donors (Lipinski definition) is 1. The third kappa shape index (κ3) is 4.43. The smallest absolute Gasteiger partial charge is 0.127 e. The van der Waals surface area contributed by atoms with Gasteiger partial charge in [-0.25, -0.2) is 4.39 Å². The topological polar surface area (TPSA) is 15.3 Å². The molecule has 0 amide bonds. The van der Waals surface area contributed by atoms with Crippen molar-refractivity contribution < 1.29 is 4.39 Å². The van der Waals surface area contributed by atoms with Gasteiger partial charge in [0, 0.05) is 24.2 Å². The largest absolute Gasteiger partial charge is 0.307 e. The van der Waals surface area contributed by atoms with E-state index in [1.54, 1.807) is 12.1 Å². The maximum atomic E-state index is 14.0. The first-order valence-electron chi connectivity index (χ1n) is 9.03. The van der Waals surface area contributed by atoms with Crippen LogP contribution >= 0.6 is 0 Å². The molecule has 24 heavy (non-hydrogen) atoms. The lowest BCUT2D eigenvalue weighted by Gasteiger charge is -2.34. The van der Waals surface area contributed by atoms with Crippen LogP contribution in [0.15, 0.2) is 54.6 Å². The number of benzene rings is 2. The van der Waals surface area contributed by atoms with Gasteiger partial charge in [0.2, 0.25) is 0 Å². The average Bonchev–Trinajstić information content (AvgIpc) is 2.63. The Bertz CT molecular complexity index is 621. The Morgan fingerprint density at radius 3 is 2.38 bits per heavy atom. The zero-order valence-corrected chi connectivity index (χ0v) is 14.4. The normalized spacial score (nSPS) is 17.8. The highest BCUT2D eigenvalue weighted by Gasteiger charge is 2.23. The lowest BCUT2D eigenvalue weighted by atomic mass is 9.98. The standard InChI is InChI=1S/C21H27FN2/c1-2-21(19-10-6-7-11-20(19)22)23-18-12-14-24(15-13-18)16-17-8-4-3-5-9-17/h3-11,18,21,23H,2,12-16H2,1H3. The number of nitrogens with one attached hydrogen (secondary N) is 1. The maximum absolute atomic E-state index is 14.0. The van der Waals surface area contributed by atoms with Crippen LogP contribution in [0, 0.1) is 5.82 Å². The van der Waals surface area contributed by atoms with Gasteiger partial charge in [-0.3, -0.25) is 4.90 Å². The molecule has 0 saturated carbocycles. The van der Waals surface area contributed by atoms with E-state index in [1.165, 1.54) is 5.56 Å². The number of halogens is 1. The van der Waals surface area contributed by atoms with Crippen molar-refractivity contribution in [2.24, 2.45) is 0 Å². The number of nitrogens with zero attached hydrogens (tertiary/aromatic N) is 1. The summed E-state index contributed by atoms with van der Waals surface area (Å²) in [6.07, 6.45) is 3.15. The molecular weight excluding hydrogens is 299 g/mol. The Balaban J connectivity index is 1.52. The molecule has 1 atom stereocenters. The van der Waals surface area contributed by atoms with E-state index in [0.717, 1.165) is 44.5 Å². The molecule has 1 saturated heterocycles. The van der Waals surface area contributed by atoms with Crippen LogP contribution < -0.4 is 5.32 Å². The summed E-state index contributed by atoms with van der Waals surface area (Å²) in [5.74, 6) is -0.0987. The zero-order valence-electron chi connectivity index (χ0n) is 14.4. The minimum absolute atomic E-state index is 0.0987. The van der Waals surface area contributed by atoms with Gasteiger partial charge in [0.25, 0.3) is 0 Å². The molecule has 128 valence electrons. The molecule has 1 N–H and O–H groups in total. The Hall–Kier alpha value is -1.71. The van der Waals surface area contributed by atoms with Crippen molar-refractivity contribution in [1.29, 1.82) is 0 Å². The van der Waals surface area contributed by atoms with Crippen LogP contribution in [0.25, 0.3) is 0 Å². The molecule has 0 spiro atoms. The highest BCUT2D eigenvalue weighted by atomic mass is 19.1. The fourth-order valence-electron chi connectivity index (χ4n) is 3.57. The highest BCUT2D eigenvalue weighted by Crippen LogP contribution is 2.23. The summed E-state index contributed by atoms with van der Waals surface area (Å²) in [5, 5.41) is 3.68. The molecule has 0 aliphatic carbocycles. The van der Waals surface area contributed by atoms with E-state index in [9.17, 15) is 4.39 Å². The second kappa shape index (κ2) is 8.41. The Labute approximate surface area is 144 Å². The van der Waals surface area contributed by atoms with E-state index >= 15 is 0 Å². The molecular formula is C21H27FN2. The van der Waals surface area contributed by atoms with Gasteiger partial charge in [-0.1, -0.05) is 55.5 Å². The first-order chi connectivity index (χ1) is 11.8. The molecule has 2 nitrogen and oxygen atoms in total. The molecule has 0 aromatic heterocycles. The zero-order chi connectivity index (χ0) is 16.8. The molecule has 3 rings (SSSR count). The van der Waals surface area contributed by atoms with Gasteiger partial charge in [0.1, 0.15) is 5.82 Å². The summed E-state index contributed by atoms with van der Waals surface area (Å²) in [6, 6.07) is 18.4. The second-order valence-corrected chi connectivity index (χ2v) is 6.69. The summed E-state index contributed by atoms with van der Waals surface area (Å²) >= 11 is 0. The first kappa shape index (κ1) is 17.1. The minimum Gasteiger partial charge on any atom is -0.307 e. The molecule has 0 radical (unpaired) electrons. The summed E-state index contributed by atoms with van der Waals surface area (Å²) in [6.45, 7) is 5.34. The summed E-state index contributed by atoms with van der Waals surface area (Å²) in [4.78, 5) is 2.51. The van der Waals surface area contributed by atoms with Crippen LogP contribution in [0.5, 0.6) is 0 Å². The molecule has 1 aliphatic rings. The van der Waals surface area contributed by atoms with Gasteiger partial charge in [-0.05, 0) is 44.0 Å². The number of piperidine rings is 1. The van der Waals surface area contributed by atoms with E-state index in [-0.39, 0.29) is 11.9 Å². The molecule has 3 heteroatoms. The van der Waals surface area contributed by atoms with Crippen molar-refractivity contribution >= 4 is 0 Å². The van der Waals surface area contributed by atoms with E-state index < -0.39 is 0 Å². The van der Waals surface area contributed by atoms with Crippen molar-refractivity contribution in [2.45, 2.75) is 44.8 Å². The SMILES string of the molecule is CCC(NC1CCN(Cc2ccccc2)CC1)c1ccccc1F. The predicted molar refractivity (Wildman–Crippen MR) is 97.3 cm³/mol. The molecule has 2 aromatic carbocycles. The molecule has 1 heterocycles. The fraction of sp³-hybridized carbons (Fsp3) is 0.429. The molecule has 1 unspecified atom stereocenters. The molecule has 2 aromatic rings. The van der Waals surface area contributed by atoms with Gasteiger partial charge in [0.05, 0.1) is 0 Å². The van der Waals surface area contributed by atoms with Crippen LogP contribution in [0.3, 0.4) is 0 Å². The third-order valence-electron chi connectivity index (χ3n) is 4.96. The van der Waals surface area contributed by atoms with Gasteiger partial charge in [-0.15, -0.1) is 0 Å². The maximum Gasteiger partial charge on any atom is 0.127 e. The van der Waals surface area contributed by atoms with E-state index in [4.69, 9.17) is 0 Å². The van der Waals surface area contributed by atoms with Gasteiger partial charge in [0.15, 0.2) is 0 Å². The van der Waals surface area contributed by atoms with E-state index in [1.807, 2.05) is 12.1 Å². The van der Waals surface area contributed by atoms with Crippen molar-refractivity contribution in [3.05, 3.63) is 71.5 Å². The lowest BCUT2D eigenvalue weighted by molar-refractivity contribution is 0.183. The van der Waals surface area contributed by atoms with Crippen molar-refractivity contribution in [2.75, 3.05) is 13.1 Å². The molecule has 1 fully saturated rings. The number of rotatable bonds is 6. The van der Waals surface area contributed by atoms with Gasteiger partial charge < -0.3 is 5.32 Å². The van der Waals surface area contributed by atoms with E-state index in [2.05, 4.69) is 47.5 Å². The lowest BCUT2D eigenvalue weighted by Crippen LogP contribution is -2.43. The van der Waals surface area contributed by atoms with Crippen molar-refractivity contribution in [3.8, 4) is 0 Å². The van der Waals surface area contributed by atoms with Crippen LogP contribution in [0.1, 0.15) is 43.4 Å². The van der Waals surface area contributed by atoms with Crippen LogP contribution in [-0.2, 0) is 6.54 Å². The predicted octanol–water partition coefficient (Wildman–Crippen LogP) is 4.53. The summed E-state index contributed by atoms with van der Waals surface area (Å²) < 4.78 is 14.0. The Morgan fingerprint density at radius 2 is 1.71 bits per heavy atom. The second-order valence-electron chi connectivity index (χ2n) is 6.69. The van der Waals surface area contributed by atoms with Crippen molar-refractivity contribution in [3.63, 3.8) is 0 Å². The fourth-order valence-corrected chi connectivity index (χ4v) is 3.57. The quantitative estimate of drug-likeness (QED) is 0.839. The Morgan fingerprint density at radius 1 is 1.04 bits per heavy atom. The minimum atomic E-state index is -0.0987. The van der Waals surface area contributed by atoms with Crippen LogP contribution in [-0.4, -0.2) is 24.0 Å². The summed E-state index contributed by atoms with van der Waals surface area (Å²) in [5.41, 5.74) is 2.17. The van der Waals surface area contributed by atoms with Crippen LogP contribution in [0.4, 0.5) is 4.39 Å². The first-order valence-corrected chi connectivity index (χ1v) is 9.03. The third-order valence-corrected chi connectivity index (χ3v) is 4.96. The summed E-state index contributed by atoms with van der Waals surface area (Å²) in [7, 11) is 0. The van der Waals surface area contributed by atoms with Gasteiger partial charge >= 0.3 is 0 Å². The number of hydrogen-bond acceptors (Lipinski definition) is 2. The van der Waals surface area contributed by atoms with Gasteiger partial charge in [-0.2, -0.15) is 0 Å². The molecule has 0 bridgehead atoms.